The Hall–Kier alpha value is -3.45. The third-order valence-electron chi connectivity index (χ3n) is 4.31. The number of nitrogens with zero attached hydrogens (tertiary/aromatic N) is 2. The molecule has 4 aromatic rings. The lowest BCUT2D eigenvalue weighted by Gasteiger charge is -2.14. The first-order valence-corrected chi connectivity index (χ1v) is 8.60. The van der Waals surface area contributed by atoms with Crippen LogP contribution in [-0.4, -0.2) is 38.8 Å². The molecule has 1 amide bonds. The summed E-state index contributed by atoms with van der Waals surface area (Å²) in [5.74, 6) is -0.302. The molecule has 0 saturated heterocycles. The van der Waals surface area contributed by atoms with Crippen LogP contribution >= 0.6 is 0 Å². The predicted molar refractivity (Wildman–Crippen MR) is 100 cm³/mol. The first-order valence-electron chi connectivity index (χ1n) is 8.60. The van der Waals surface area contributed by atoms with Crippen LogP contribution in [0.5, 0.6) is 0 Å². The lowest BCUT2D eigenvalue weighted by atomic mass is 10.1. The fraction of sp³-hybridized carbons (Fsp3) is 0.150. The minimum Gasteiger partial charge on any atom is -0.394 e. The first kappa shape index (κ1) is 17.0. The average molecular weight is 362 g/mol. The molecule has 3 N–H and O–H groups in total. The Morgan fingerprint density at radius 1 is 1.19 bits per heavy atom. The zero-order valence-corrected chi connectivity index (χ0v) is 14.4. The zero-order valence-electron chi connectivity index (χ0n) is 14.4. The van der Waals surface area contributed by atoms with Crippen molar-refractivity contribution in [2.75, 3.05) is 6.61 Å². The van der Waals surface area contributed by atoms with Crippen LogP contribution in [0, 0.1) is 0 Å². The Labute approximate surface area is 155 Å². The standard InChI is InChI=1S/C20H18N4O3/c25-12-16(10-13-4-2-1-3-5-13)22-19(26)20-23-18(24-27-20)15-6-7-17-14(11-15)8-9-21-17/h1-9,11,16,21,25H,10,12H2,(H,22,26). The number of amides is 1. The van der Waals surface area contributed by atoms with E-state index in [4.69, 9.17) is 4.52 Å². The van der Waals surface area contributed by atoms with Crippen LogP contribution in [0.3, 0.4) is 0 Å². The van der Waals surface area contributed by atoms with Gasteiger partial charge in [0.1, 0.15) is 0 Å². The third-order valence-corrected chi connectivity index (χ3v) is 4.31. The molecule has 0 saturated carbocycles. The van der Waals surface area contributed by atoms with Gasteiger partial charge in [0.2, 0.25) is 5.82 Å². The van der Waals surface area contributed by atoms with Gasteiger partial charge in [-0.25, -0.2) is 0 Å². The minimum atomic E-state index is -0.508. The van der Waals surface area contributed by atoms with Crippen LogP contribution < -0.4 is 5.32 Å². The van der Waals surface area contributed by atoms with E-state index in [1.165, 1.54) is 0 Å². The molecule has 1 unspecified atom stereocenters. The highest BCUT2D eigenvalue weighted by atomic mass is 16.5. The van der Waals surface area contributed by atoms with Gasteiger partial charge in [-0.1, -0.05) is 35.5 Å². The topological polar surface area (TPSA) is 104 Å². The van der Waals surface area contributed by atoms with E-state index in [1.807, 2.05) is 60.8 Å². The van der Waals surface area contributed by atoms with Crippen molar-refractivity contribution in [3.05, 3.63) is 72.2 Å². The number of rotatable bonds is 6. The Bertz CT molecular complexity index is 1060. The number of hydrogen-bond donors (Lipinski definition) is 3. The zero-order chi connectivity index (χ0) is 18.6. The van der Waals surface area contributed by atoms with Crippen molar-refractivity contribution in [2.24, 2.45) is 0 Å². The molecule has 0 aliphatic carbocycles. The van der Waals surface area contributed by atoms with Gasteiger partial charge in [0.15, 0.2) is 0 Å². The van der Waals surface area contributed by atoms with Crippen LogP contribution in [0.1, 0.15) is 16.2 Å². The molecule has 2 aromatic carbocycles. The molecule has 2 aromatic heterocycles. The van der Waals surface area contributed by atoms with Gasteiger partial charge in [-0.05, 0) is 36.2 Å². The quantitative estimate of drug-likeness (QED) is 0.489. The van der Waals surface area contributed by atoms with Crippen LogP contribution in [0.2, 0.25) is 0 Å². The van der Waals surface area contributed by atoms with E-state index in [9.17, 15) is 9.90 Å². The van der Waals surface area contributed by atoms with Crippen LogP contribution in [0.15, 0.2) is 65.3 Å². The summed E-state index contributed by atoms with van der Waals surface area (Å²) >= 11 is 0. The molecule has 0 spiro atoms. The van der Waals surface area contributed by atoms with Crippen LogP contribution in [0.4, 0.5) is 0 Å². The number of aliphatic hydroxyl groups is 1. The molecule has 136 valence electrons. The van der Waals surface area contributed by atoms with Crippen molar-refractivity contribution in [3.8, 4) is 11.4 Å². The van der Waals surface area contributed by atoms with E-state index in [-0.39, 0.29) is 12.5 Å². The molecular weight excluding hydrogens is 344 g/mol. The van der Waals surface area contributed by atoms with Crippen molar-refractivity contribution in [1.29, 1.82) is 0 Å². The molecule has 7 nitrogen and oxygen atoms in total. The van der Waals surface area contributed by atoms with E-state index in [0.29, 0.717) is 12.2 Å². The minimum absolute atomic E-state index is 0.134. The smallest absolute Gasteiger partial charge is 0.316 e. The highest BCUT2D eigenvalue weighted by Gasteiger charge is 2.20. The van der Waals surface area contributed by atoms with E-state index in [0.717, 1.165) is 22.0 Å². The average Bonchev–Trinajstić information content (AvgIpc) is 3.37. The summed E-state index contributed by atoms with van der Waals surface area (Å²) < 4.78 is 5.11. The number of carbonyl (C=O) groups excluding carboxylic acids is 1. The molecule has 0 radical (unpaired) electrons. The Morgan fingerprint density at radius 3 is 2.85 bits per heavy atom. The molecular formula is C20H18N4O3. The molecule has 0 aliphatic heterocycles. The monoisotopic (exact) mass is 362 g/mol. The summed E-state index contributed by atoms with van der Waals surface area (Å²) in [4.78, 5) is 19.7. The van der Waals surface area contributed by atoms with Crippen molar-refractivity contribution >= 4 is 16.8 Å². The van der Waals surface area contributed by atoms with Gasteiger partial charge >= 0.3 is 11.8 Å². The van der Waals surface area contributed by atoms with Crippen molar-refractivity contribution in [1.82, 2.24) is 20.4 Å². The largest absolute Gasteiger partial charge is 0.394 e. The van der Waals surface area contributed by atoms with Crippen molar-refractivity contribution in [3.63, 3.8) is 0 Å². The molecule has 7 heteroatoms. The van der Waals surface area contributed by atoms with E-state index < -0.39 is 11.9 Å². The summed E-state index contributed by atoms with van der Waals surface area (Å²) in [6.45, 7) is -0.189. The molecule has 2 heterocycles. The SMILES string of the molecule is O=C(NC(CO)Cc1ccccc1)c1nc(-c2ccc3[nH]ccc3c2)no1. The number of aromatic amines is 1. The van der Waals surface area contributed by atoms with Gasteiger partial charge in [-0.15, -0.1) is 0 Å². The Morgan fingerprint density at radius 2 is 2.04 bits per heavy atom. The molecule has 4 rings (SSSR count). The number of benzene rings is 2. The summed E-state index contributed by atoms with van der Waals surface area (Å²) in [7, 11) is 0. The lowest BCUT2D eigenvalue weighted by molar-refractivity contribution is 0.0872. The van der Waals surface area contributed by atoms with Crippen molar-refractivity contribution in [2.45, 2.75) is 12.5 Å². The Balaban J connectivity index is 1.47. The second-order valence-corrected chi connectivity index (χ2v) is 6.25. The fourth-order valence-corrected chi connectivity index (χ4v) is 2.93. The summed E-state index contributed by atoms with van der Waals surface area (Å²) in [5, 5.41) is 17.2. The maximum Gasteiger partial charge on any atom is 0.316 e. The van der Waals surface area contributed by atoms with Gasteiger partial charge in [-0.2, -0.15) is 4.98 Å². The predicted octanol–water partition coefficient (Wildman–Crippen LogP) is 2.55. The van der Waals surface area contributed by atoms with Gasteiger partial charge in [-0.3, -0.25) is 4.79 Å². The first-order chi connectivity index (χ1) is 13.2. The number of fused-ring (bicyclic) bond motifs is 1. The normalized spacial score (nSPS) is 12.2. The molecule has 27 heavy (non-hydrogen) atoms. The molecule has 0 fully saturated rings. The fourth-order valence-electron chi connectivity index (χ4n) is 2.93. The van der Waals surface area contributed by atoms with Crippen LogP contribution in [0.25, 0.3) is 22.3 Å². The number of H-pyrrole nitrogens is 1. The van der Waals surface area contributed by atoms with E-state index >= 15 is 0 Å². The van der Waals surface area contributed by atoms with Crippen LogP contribution in [-0.2, 0) is 6.42 Å². The van der Waals surface area contributed by atoms with Gasteiger partial charge < -0.3 is 19.9 Å². The van der Waals surface area contributed by atoms with E-state index in [2.05, 4.69) is 20.4 Å². The van der Waals surface area contributed by atoms with E-state index in [1.54, 1.807) is 0 Å². The second-order valence-electron chi connectivity index (χ2n) is 6.25. The second kappa shape index (κ2) is 7.43. The van der Waals surface area contributed by atoms with Crippen molar-refractivity contribution < 1.29 is 14.4 Å². The number of aromatic nitrogens is 3. The van der Waals surface area contributed by atoms with Gasteiger partial charge in [0.25, 0.3) is 0 Å². The maximum atomic E-state index is 12.4. The molecule has 0 bridgehead atoms. The lowest BCUT2D eigenvalue weighted by Crippen LogP contribution is -2.39. The molecule has 1 atom stereocenters. The highest BCUT2D eigenvalue weighted by Crippen LogP contribution is 2.21. The summed E-state index contributed by atoms with van der Waals surface area (Å²) in [6, 6.07) is 16.8. The third kappa shape index (κ3) is 3.73. The number of aliphatic hydroxyl groups excluding tert-OH is 1. The summed E-state index contributed by atoms with van der Waals surface area (Å²) in [5.41, 5.74) is 2.78. The Kier molecular flexibility index (Phi) is 4.67. The highest BCUT2D eigenvalue weighted by molar-refractivity contribution is 5.90. The number of carbonyl (C=O) groups is 1. The number of hydrogen-bond acceptors (Lipinski definition) is 5. The number of nitrogens with one attached hydrogen (secondary N) is 2. The molecule has 0 aliphatic rings. The van der Waals surface area contributed by atoms with Gasteiger partial charge in [0.05, 0.1) is 12.6 Å². The summed E-state index contributed by atoms with van der Waals surface area (Å²) in [6.07, 6.45) is 2.36. The van der Waals surface area contributed by atoms with Gasteiger partial charge in [0, 0.05) is 22.7 Å². The maximum absolute atomic E-state index is 12.4.